The van der Waals surface area contributed by atoms with Crippen LogP contribution in [0.2, 0.25) is 0 Å². The first-order chi connectivity index (χ1) is 8.01. The molecule has 1 aliphatic rings. The minimum Gasteiger partial charge on any atom is -0.369 e. The molecule has 0 aliphatic heterocycles. The van der Waals surface area contributed by atoms with Crippen LogP contribution in [0.4, 0.5) is 10.3 Å². The number of nitrogen functional groups attached to an aromatic ring is 1. The zero-order valence-corrected chi connectivity index (χ0v) is 11.1. The van der Waals surface area contributed by atoms with Gasteiger partial charge in [-0.1, -0.05) is 0 Å². The van der Waals surface area contributed by atoms with Crippen molar-refractivity contribution < 1.29 is 4.39 Å². The smallest absolute Gasteiger partial charge is 0.201 e. The van der Waals surface area contributed by atoms with E-state index < -0.39 is 0 Å². The van der Waals surface area contributed by atoms with Gasteiger partial charge in [-0.3, -0.25) is 0 Å². The average molecular weight is 298 g/mol. The summed E-state index contributed by atoms with van der Waals surface area (Å²) in [7, 11) is 0. The second kappa shape index (κ2) is 3.45. The number of nitrogens with zero attached hydrogens (tertiary/aromatic N) is 2. The molecule has 0 atom stereocenters. The maximum absolute atomic E-state index is 13.4. The third-order valence-electron chi connectivity index (χ3n) is 3.69. The lowest BCUT2D eigenvalue weighted by Gasteiger charge is -2.40. The van der Waals surface area contributed by atoms with E-state index in [0.29, 0.717) is 15.9 Å². The van der Waals surface area contributed by atoms with Gasteiger partial charge in [-0.2, -0.15) is 0 Å². The maximum Gasteiger partial charge on any atom is 0.201 e. The van der Waals surface area contributed by atoms with Gasteiger partial charge in [0.25, 0.3) is 0 Å². The van der Waals surface area contributed by atoms with E-state index >= 15 is 0 Å². The van der Waals surface area contributed by atoms with Crippen molar-refractivity contribution in [2.24, 2.45) is 0 Å². The number of anilines is 1. The van der Waals surface area contributed by atoms with Crippen LogP contribution in [-0.4, -0.2) is 9.55 Å². The van der Waals surface area contributed by atoms with Crippen LogP contribution in [-0.2, 0) is 5.54 Å². The van der Waals surface area contributed by atoms with Gasteiger partial charge in [0, 0.05) is 11.6 Å². The quantitative estimate of drug-likeness (QED) is 0.876. The lowest BCUT2D eigenvalue weighted by Crippen LogP contribution is -2.37. The van der Waals surface area contributed by atoms with Gasteiger partial charge in [0.05, 0.1) is 15.5 Å². The Morgan fingerprint density at radius 1 is 1.47 bits per heavy atom. The summed E-state index contributed by atoms with van der Waals surface area (Å²) in [6.45, 7) is 2.17. The highest BCUT2D eigenvalue weighted by Gasteiger charge is 2.36. The zero-order chi connectivity index (χ0) is 12.2. The Balaban J connectivity index is 2.30. The van der Waals surface area contributed by atoms with E-state index in [9.17, 15) is 4.39 Å². The fourth-order valence-electron chi connectivity index (χ4n) is 2.57. The molecule has 5 heteroatoms. The first kappa shape index (κ1) is 11.0. The lowest BCUT2D eigenvalue weighted by molar-refractivity contribution is 0.177. The molecule has 1 aromatic carbocycles. The number of hydrogen-bond acceptors (Lipinski definition) is 2. The Morgan fingerprint density at radius 2 is 2.18 bits per heavy atom. The van der Waals surface area contributed by atoms with Crippen LogP contribution in [0.1, 0.15) is 26.2 Å². The summed E-state index contributed by atoms with van der Waals surface area (Å²) in [5.41, 5.74) is 7.52. The summed E-state index contributed by atoms with van der Waals surface area (Å²) in [5.74, 6) is 0.167. The number of rotatable bonds is 1. The minimum atomic E-state index is -0.305. The lowest BCUT2D eigenvalue weighted by atomic mass is 9.78. The Hall–Kier alpha value is -1.10. The van der Waals surface area contributed by atoms with Gasteiger partial charge in [-0.25, -0.2) is 9.37 Å². The van der Waals surface area contributed by atoms with Gasteiger partial charge in [0.1, 0.15) is 5.82 Å². The van der Waals surface area contributed by atoms with Crippen LogP contribution >= 0.6 is 15.9 Å². The van der Waals surface area contributed by atoms with Crippen molar-refractivity contribution >= 4 is 32.9 Å². The Kier molecular flexibility index (Phi) is 2.23. The Bertz CT molecular complexity index is 601. The third-order valence-corrected chi connectivity index (χ3v) is 4.30. The van der Waals surface area contributed by atoms with Crippen LogP contribution in [0.3, 0.4) is 0 Å². The number of hydrogen-bond donors (Lipinski definition) is 1. The molecule has 1 heterocycles. The topological polar surface area (TPSA) is 43.8 Å². The van der Waals surface area contributed by atoms with Gasteiger partial charge in [-0.15, -0.1) is 0 Å². The molecule has 90 valence electrons. The molecule has 3 nitrogen and oxygen atoms in total. The van der Waals surface area contributed by atoms with E-state index in [2.05, 4.69) is 27.8 Å². The van der Waals surface area contributed by atoms with Crippen molar-refractivity contribution in [3.05, 3.63) is 22.4 Å². The van der Waals surface area contributed by atoms with Gasteiger partial charge in [-0.05, 0) is 48.2 Å². The van der Waals surface area contributed by atoms with Crippen LogP contribution in [0, 0.1) is 5.82 Å². The molecular formula is C12H13BrFN3. The SMILES string of the molecule is CC1(n2c(N)nc3cc(F)c(Br)cc32)CCC1. The molecule has 1 saturated carbocycles. The highest BCUT2D eigenvalue weighted by Crippen LogP contribution is 2.42. The second-order valence-electron chi connectivity index (χ2n) is 4.91. The summed E-state index contributed by atoms with van der Waals surface area (Å²) in [5, 5.41) is 0. The highest BCUT2D eigenvalue weighted by molar-refractivity contribution is 9.10. The molecule has 1 fully saturated rings. The van der Waals surface area contributed by atoms with Crippen LogP contribution in [0.5, 0.6) is 0 Å². The van der Waals surface area contributed by atoms with E-state index in [1.165, 1.54) is 12.5 Å². The summed E-state index contributed by atoms with van der Waals surface area (Å²) in [4.78, 5) is 4.24. The first-order valence-corrected chi connectivity index (χ1v) is 6.44. The van der Waals surface area contributed by atoms with Crippen molar-refractivity contribution in [3.63, 3.8) is 0 Å². The zero-order valence-electron chi connectivity index (χ0n) is 9.50. The van der Waals surface area contributed by atoms with Gasteiger partial charge >= 0.3 is 0 Å². The van der Waals surface area contributed by atoms with Gasteiger partial charge < -0.3 is 10.3 Å². The number of aromatic nitrogens is 2. The number of benzene rings is 1. The van der Waals surface area contributed by atoms with E-state index in [1.54, 1.807) is 6.07 Å². The summed E-state index contributed by atoms with van der Waals surface area (Å²) in [6, 6.07) is 3.19. The molecule has 0 bridgehead atoms. The summed E-state index contributed by atoms with van der Waals surface area (Å²) < 4.78 is 15.9. The molecule has 1 aromatic heterocycles. The van der Waals surface area contributed by atoms with Crippen LogP contribution < -0.4 is 5.73 Å². The second-order valence-corrected chi connectivity index (χ2v) is 5.77. The average Bonchev–Trinajstić information content (AvgIpc) is 2.52. The monoisotopic (exact) mass is 297 g/mol. The van der Waals surface area contributed by atoms with Crippen molar-refractivity contribution in [2.75, 3.05) is 5.73 Å². The predicted molar refractivity (Wildman–Crippen MR) is 69.3 cm³/mol. The fourth-order valence-corrected chi connectivity index (χ4v) is 2.90. The summed E-state index contributed by atoms with van der Waals surface area (Å²) in [6.07, 6.45) is 3.40. The van der Waals surface area contributed by atoms with Crippen molar-refractivity contribution in [1.82, 2.24) is 9.55 Å². The van der Waals surface area contributed by atoms with E-state index in [-0.39, 0.29) is 11.4 Å². The van der Waals surface area contributed by atoms with Gasteiger partial charge in [0.2, 0.25) is 5.95 Å². The fraction of sp³-hybridized carbons (Fsp3) is 0.417. The van der Waals surface area contributed by atoms with Crippen molar-refractivity contribution in [3.8, 4) is 0 Å². The highest BCUT2D eigenvalue weighted by atomic mass is 79.9. The molecule has 1 aliphatic carbocycles. The number of fused-ring (bicyclic) bond motifs is 1. The molecule has 0 spiro atoms. The molecule has 3 rings (SSSR count). The van der Waals surface area contributed by atoms with Crippen LogP contribution in [0.15, 0.2) is 16.6 Å². The molecule has 2 N–H and O–H groups in total. The molecular weight excluding hydrogens is 285 g/mol. The molecule has 0 unspecified atom stereocenters. The Morgan fingerprint density at radius 3 is 2.76 bits per heavy atom. The van der Waals surface area contributed by atoms with Crippen molar-refractivity contribution in [2.45, 2.75) is 31.7 Å². The molecule has 0 saturated heterocycles. The number of nitrogens with two attached hydrogens (primary N) is 1. The summed E-state index contributed by atoms with van der Waals surface area (Å²) >= 11 is 3.21. The number of halogens is 2. The maximum atomic E-state index is 13.4. The van der Waals surface area contributed by atoms with E-state index in [0.717, 1.165) is 18.4 Å². The minimum absolute atomic E-state index is 0.0378. The Labute approximate surface area is 107 Å². The number of imidazole rings is 1. The van der Waals surface area contributed by atoms with Gasteiger partial charge in [0.15, 0.2) is 0 Å². The molecule has 2 aromatic rings. The van der Waals surface area contributed by atoms with Crippen molar-refractivity contribution in [1.29, 1.82) is 0 Å². The predicted octanol–water partition coefficient (Wildman–Crippen LogP) is 3.42. The molecule has 0 amide bonds. The normalized spacial score (nSPS) is 18.3. The molecule has 17 heavy (non-hydrogen) atoms. The van der Waals surface area contributed by atoms with E-state index in [1.807, 2.05) is 4.57 Å². The van der Waals surface area contributed by atoms with E-state index in [4.69, 9.17) is 5.73 Å². The third kappa shape index (κ3) is 1.48. The largest absolute Gasteiger partial charge is 0.369 e. The first-order valence-electron chi connectivity index (χ1n) is 5.65. The van der Waals surface area contributed by atoms with Crippen LogP contribution in [0.25, 0.3) is 11.0 Å². The standard InChI is InChI=1S/C12H13BrFN3/c1-12(3-2-4-12)17-10-5-7(13)8(14)6-9(10)16-11(17)15/h5-6H,2-4H2,1H3,(H2,15,16). The molecule has 0 radical (unpaired) electrons.